The highest BCUT2D eigenvalue weighted by Gasteiger charge is 2.23. The van der Waals surface area contributed by atoms with E-state index >= 15 is 0 Å². The second-order valence-corrected chi connectivity index (χ2v) is 8.53. The third-order valence-electron chi connectivity index (χ3n) is 4.02. The molecule has 2 rings (SSSR count). The third-order valence-corrected chi connectivity index (χ3v) is 5.74. The first-order valence-electron chi connectivity index (χ1n) is 7.73. The van der Waals surface area contributed by atoms with E-state index in [-0.39, 0.29) is 35.5 Å². The molecule has 0 spiro atoms. The molecule has 1 heterocycles. The maximum absolute atomic E-state index is 11.4. The Morgan fingerprint density at radius 1 is 1.35 bits per heavy atom. The average Bonchev–Trinajstić information content (AvgIpc) is 2.46. The Kier molecular flexibility index (Phi) is 7.79. The summed E-state index contributed by atoms with van der Waals surface area (Å²) >= 11 is 0. The summed E-state index contributed by atoms with van der Waals surface area (Å²) in [4.78, 5) is 4.35. The average molecular weight is 451 g/mol. The van der Waals surface area contributed by atoms with Crippen molar-refractivity contribution in [1.82, 2.24) is 0 Å². The van der Waals surface area contributed by atoms with Crippen molar-refractivity contribution in [3.8, 4) is 0 Å². The van der Waals surface area contributed by atoms with Crippen LogP contribution >= 0.6 is 24.0 Å². The molecule has 0 atom stereocenters. The first-order valence-corrected chi connectivity index (χ1v) is 9.55. The van der Waals surface area contributed by atoms with Gasteiger partial charge in [0, 0.05) is 12.2 Å². The number of rotatable bonds is 4. The van der Waals surface area contributed by atoms with E-state index in [9.17, 15) is 8.42 Å². The lowest BCUT2D eigenvalue weighted by Crippen LogP contribution is -2.27. The predicted octanol–water partition coefficient (Wildman–Crippen LogP) is 2.98. The van der Waals surface area contributed by atoms with E-state index in [4.69, 9.17) is 5.73 Å². The van der Waals surface area contributed by atoms with E-state index in [1.807, 2.05) is 12.1 Å². The zero-order chi connectivity index (χ0) is 16.2. The number of hydrogen-bond donors (Lipinski definition) is 2. The summed E-state index contributed by atoms with van der Waals surface area (Å²) in [7, 11) is -2.81. The molecule has 0 aliphatic carbocycles. The second-order valence-electron chi connectivity index (χ2n) is 6.23. The topological polar surface area (TPSA) is 84.5 Å². The third kappa shape index (κ3) is 6.66. The molecule has 0 bridgehead atoms. The number of benzene rings is 1. The maximum atomic E-state index is 11.4. The van der Waals surface area contributed by atoms with Crippen LogP contribution in [0.2, 0.25) is 0 Å². The van der Waals surface area contributed by atoms with Crippen molar-refractivity contribution >= 4 is 45.5 Å². The van der Waals surface area contributed by atoms with E-state index in [0.717, 1.165) is 5.69 Å². The molecule has 5 nitrogen and oxygen atoms in total. The summed E-state index contributed by atoms with van der Waals surface area (Å²) in [6, 6.07) is 8.12. The van der Waals surface area contributed by atoms with Gasteiger partial charge in [0.25, 0.3) is 0 Å². The lowest BCUT2D eigenvalue weighted by molar-refractivity contribution is 0.475. The van der Waals surface area contributed by atoms with Gasteiger partial charge in [0.05, 0.1) is 11.5 Å². The number of anilines is 1. The number of hydrogen-bond acceptors (Lipinski definition) is 3. The van der Waals surface area contributed by atoms with Gasteiger partial charge in [-0.25, -0.2) is 8.42 Å². The van der Waals surface area contributed by atoms with E-state index in [0.29, 0.717) is 37.2 Å². The Labute approximate surface area is 156 Å². The smallest absolute Gasteiger partial charge is 0.193 e. The zero-order valence-electron chi connectivity index (χ0n) is 13.7. The molecular weight excluding hydrogens is 425 g/mol. The molecule has 1 aliphatic rings. The number of halogens is 1. The van der Waals surface area contributed by atoms with Crippen LogP contribution in [-0.4, -0.2) is 32.4 Å². The van der Waals surface area contributed by atoms with Crippen molar-refractivity contribution < 1.29 is 8.42 Å². The van der Waals surface area contributed by atoms with Crippen LogP contribution in [0.1, 0.15) is 38.2 Å². The lowest BCUT2D eigenvalue weighted by Gasteiger charge is -2.20. The minimum absolute atomic E-state index is 0. The fraction of sp³-hybridized carbons (Fsp3) is 0.562. The van der Waals surface area contributed by atoms with Gasteiger partial charge in [-0.05, 0) is 42.4 Å². The van der Waals surface area contributed by atoms with Gasteiger partial charge in [0.1, 0.15) is 9.84 Å². The van der Waals surface area contributed by atoms with Gasteiger partial charge in [-0.2, -0.15) is 0 Å². The minimum Gasteiger partial charge on any atom is -0.370 e. The number of guanidine groups is 1. The van der Waals surface area contributed by atoms with Crippen molar-refractivity contribution in [2.75, 3.05) is 23.4 Å². The second kappa shape index (κ2) is 8.86. The molecule has 0 unspecified atom stereocenters. The highest BCUT2D eigenvalue weighted by atomic mass is 127. The van der Waals surface area contributed by atoms with Crippen LogP contribution in [0.4, 0.5) is 5.69 Å². The molecule has 130 valence electrons. The van der Waals surface area contributed by atoms with Crippen LogP contribution in [0.15, 0.2) is 29.3 Å². The molecule has 1 aromatic carbocycles. The lowest BCUT2D eigenvalue weighted by atomic mass is 10.0. The van der Waals surface area contributed by atoms with Crippen LogP contribution < -0.4 is 11.1 Å². The minimum atomic E-state index is -2.81. The molecule has 23 heavy (non-hydrogen) atoms. The summed E-state index contributed by atoms with van der Waals surface area (Å²) in [6.45, 7) is 4.87. The monoisotopic (exact) mass is 451 g/mol. The SMILES string of the molecule is CC(C)c1cccc(NC(N)=NCC2CCS(=O)(=O)CC2)c1.I. The molecule has 1 aromatic rings. The van der Waals surface area contributed by atoms with Crippen LogP contribution in [0.5, 0.6) is 0 Å². The highest BCUT2D eigenvalue weighted by Crippen LogP contribution is 2.20. The standard InChI is InChI=1S/C16H25N3O2S.HI/c1-12(2)14-4-3-5-15(10-14)19-16(17)18-11-13-6-8-22(20,21)9-7-13;/h3-5,10,12-13H,6-9,11H2,1-2H3,(H3,17,18,19);1H. The normalized spacial score (nSPS) is 18.5. The molecule has 0 saturated carbocycles. The molecule has 1 saturated heterocycles. The van der Waals surface area contributed by atoms with E-state index in [2.05, 4.69) is 36.3 Å². The van der Waals surface area contributed by atoms with Crippen molar-refractivity contribution in [1.29, 1.82) is 0 Å². The molecule has 1 aliphatic heterocycles. The first-order chi connectivity index (χ1) is 10.4. The van der Waals surface area contributed by atoms with Crippen LogP contribution in [0, 0.1) is 5.92 Å². The van der Waals surface area contributed by atoms with E-state index in [1.165, 1.54) is 5.56 Å². The van der Waals surface area contributed by atoms with Gasteiger partial charge < -0.3 is 11.1 Å². The molecule has 1 fully saturated rings. The summed E-state index contributed by atoms with van der Waals surface area (Å²) in [5, 5.41) is 3.10. The number of aliphatic imine (C=N–C) groups is 1. The largest absolute Gasteiger partial charge is 0.370 e. The number of nitrogens with two attached hydrogens (primary N) is 1. The van der Waals surface area contributed by atoms with E-state index in [1.54, 1.807) is 0 Å². The summed E-state index contributed by atoms with van der Waals surface area (Å²) < 4.78 is 22.8. The summed E-state index contributed by atoms with van der Waals surface area (Å²) in [5.74, 6) is 1.71. The van der Waals surface area contributed by atoms with Gasteiger partial charge in [0.2, 0.25) is 0 Å². The van der Waals surface area contributed by atoms with Gasteiger partial charge >= 0.3 is 0 Å². The van der Waals surface area contributed by atoms with E-state index < -0.39 is 9.84 Å². The summed E-state index contributed by atoms with van der Waals surface area (Å²) in [6.07, 6.45) is 1.36. The Morgan fingerprint density at radius 3 is 2.61 bits per heavy atom. The van der Waals surface area contributed by atoms with Gasteiger partial charge in [0.15, 0.2) is 5.96 Å². The fourth-order valence-corrected chi connectivity index (χ4v) is 4.10. The first kappa shape index (κ1) is 20.2. The Balaban J connectivity index is 0.00000264. The predicted molar refractivity (Wildman–Crippen MR) is 107 cm³/mol. The zero-order valence-corrected chi connectivity index (χ0v) is 16.8. The molecule has 0 aromatic heterocycles. The quantitative estimate of drug-likeness (QED) is 0.419. The van der Waals surface area contributed by atoms with Crippen molar-refractivity contribution in [2.45, 2.75) is 32.6 Å². The Hall–Kier alpha value is -0.830. The molecule has 3 N–H and O–H groups in total. The molecule has 0 amide bonds. The van der Waals surface area contributed by atoms with Crippen molar-refractivity contribution in [2.24, 2.45) is 16.6 Å². The van der Waals surface area contributed by atoms with Crippen molar-refractivity contribution in [3.05, 3.63) is 29.8 Å². The van der Waals surface area contributed by atoms with Gasteiger partial charge in [-0.1, -0.05) is 26.0 Å². The number of nitrogens with one attached hydrogen (secondary N) is 1. The summed E-state index contributed by atoms with van der Waals surface area (Å²) in [5.41, 5.74) is 8.10. The van der Waals surface area contributed by atoms with Crippen LogP contribution in [0.25, 0.3) is 0 Å². The number of sulfone groups is 1. The van der Waals surface area contributed by atoms with Gasteiger partial charge in [-0.3, -0.25) is 4.99 Å². The van der Waals surface area contributed by atoms with Gasteiger partial charge in [-0.15, -0.1) is 24.0 Å². The Morgan fingerprint density at radius 2 is 2.00 bits per heavy atom. The highest BCUT2D eigenvalue weighted by molar-refractivity contribution is 14.0. The number of nitrogens with zero attached hydrogens (tertiary/aromatic N) is 1. The molecule has 0 radical (unpaired) electrons. The Bertz CT molecular complexity index is 630. The molecular formula is C16H26IN3O2S. The van der Waals surface area contributed by atoms with Crippen molar-refractivity contribution in [3.63, 3.8) is 0 Å². The molecule has 7 heteroatoms. The van der Waals surface area contributed by atoms with Crippen LogP contribution in [-0.2, 0) is 9.84 Å². The maximum Gasteiger partial charge on any atom is 0.193 e. The fourth-order valence-electron chi connectivity index (χ4n) is 2.51. The van der Waals surface area contributed by atoms with Crippen LogP contribution in [0.3, 0.4) is 0 Å².